The molecule has 0 spiro atoms. The molecule has 1 aromatic carbocycles. The van der Waals surface area contributed by atoms with Gasteiger partial charge in [-0.05, 0) is 26.0 Å². The lowest BCUT2D eigenvalue weighted by Crippen LogP contribution is -2.35. The van der Waals surface area contributed by atoms with Gasteiger partial charge in [-0.1, -0.05) is 17.7 Å². The largest absolute Gasteiger partial charge is 0.484 e. The highest BCUT2D eigenvalue weighted by atomic mass is 16.7. The van der Waals surface area contributed by atoms with Crippen LogP contribution in [0.1, 0.15) is 18.9 Å². The number of amides is 1. The van der Waals surface area contributed by atoms with Crippen molar-refractivity contribution in [2.75, 3.05) is 26.4 Å². The molecule has 1 fully saturated rings. The SMILES string of the molecule is Cc1ccc(OCC(=O)NCCC2(C)OCCO2)cc1. The molecule has 0 aromatic heterocycles. The summed E-state index contributed by atoms with van der Waals surface area (Å²) in [6.45, 7) is 5.63. The van der Waals surface area contributed by atoms with Crippen LogP contribution in [-0.4, -0.2) is 38.1 Å². The van der Waals surface area contributed by atoms with E-state index in [0.717, 1.165) is 5.56 Å². The van der Waals surface area contributed by atoms with Crippen LogP contribution in [0.2, 0.25) is 0 Å². The Morgan fingerprint density at radius 3 is 2.60 bits per heavy atom. The van der Waals surface area contributed by atoms with Gasteiger partial charge in [0.25, 0.3) is 5.91 Å². The van der Waals surface area contributed by atoms with Crippen molar-refractivity contribution < 1.29 is 19.0 Å². The fraction of sp³-hybridized carbons (Fsp3) is 0.533. The topological polar surface area (TPSA) is 56.8 Å². The minimum atomic E-state index is -0.564. The Morgan fingerprint density at radius 1 is 1.30 bits per heavy atom. The van der Waals surface area contributed by atoms with Gasteiger partial charge < -0.3 is 19.5 Å². The maximum atomic E-state index is 11.6. The van der Waals surface area contributed by atoms with Crippen molar-refractivity contribution in [3.63, 3.8) is 0 Å². The van der Waals surface area contributed by atoms with E-state index in [2.05, 4.69) is 5.32 Å². The zero-order chi connectivity index (χ0) is 14.4. The molecule has 1 aliphatic rings. The molecular formula is C15H21NO4. The first kappa shape index (κ1) is 14.8. The molecule has 1 amide bonds. The van der Waals surface area contributed by atoms with Crippen molar-refractivity contribution in [2.24, 2.45) is 0 Å². The fourth-order valence-electron chi connectivity index (χ4n) is 1.96. The van der Waals surface area contributed by atoms with E-state index in [4.69, 9.17) is 14.2 Å². The number of carbonyl (C=O) groups excluding carboxylic acids is 1. The summed E-state index contributed by atoms with van der Waals surface area (Å²) in [5.41, 5.74) is 1.16. The summed E-state index contributed by atoms with van der Waals surface area (Å²) in [4.78, 5) is 11.6. The molecule has 0 bridgehead atoms. The molecule has 110 valence electrons. The van der Waals surface area contributed by atoms with Crippen LogP contribution in [0, 0.1) is 6.92 Å². The zero-order valence-corrected chi connectivity index (χ0v) is 12.0. The number of nitrogens with one attached hydrogen (secondary N) is 1. The van der Waals surface area contributed by atoms with Gasteiger partial charge in [0.05, 0.1) is 13.2 Å². The molecule has 1 aliphatic heterocycles. The summed E-state index contributed by atoms with van der Waals surface area (Å²) in [6.07, 6.45) is 0.628. The molecule has 0 atom stereocenters. The first-order valence-electron chi connectivity index (χ1n) is 6.81. The zero-order valence-electron chi connectivity index (χ0n) is 12.0. The minimum absolute atomic E-state index is 0.0154. The van der Waals surface area contributed by atoms with Crippen molar-refractivity contribution in [1.82, 2.24) is 5.32 Å². The van der Waals surface area contributed by atoms with Gasteiger partial charge in [0.2, 0.25) is 0 Å². The Bertz CT molecular complexity index is 438. The first-order chi connectivity index (χ1) is 9.57. The number of aryl methyl sites for hydroxylation is 1. The van der Waals surface area contributed by atoms with E-state index in [1.54, 1.807) is 0 Å². The molecule has 0 radical (unpaired) electrons. The summed E-state index contributed by atoms with van der Waals surface area (Å²) >= 11 is 0. The van der Waals surface area contributed by atoms with E-state index < -0.39 is 5.79 Å². The van der Waals surface area contributed by atoms with Gasteiger partial charge in [-0.25, -0.2) is 0 Å². The number of rotatable bonds is 6. The number of ether oxygens (including phenoxy) is 3. The van der Waals surface area contributed by atoms with Gasteiger partial charge >= 0.3 is 0 Å². The van der Waals surface area contributed by atoms with E-state index in [1.807, 2.05) is 38.1 Å². The van der Waals surface area contributed by atoms with E-state index in [-0.39, 0.29) is 12.5 Å². The lowest BCUT2D eigenvalue weighted by molar-refractivity contribution is -0.146. The average molecular weight is 279 g/mol. The molecule has 2 rings (SSSR count). The van der Waals surface area contributed by atoms with E-state index >= 15 is 0 Å². The van der Waals surface area contributed by atoms with Crippen LogP contribution in [0.4, 0.5) is 0 Å². The third-order valence-corrected chi connectivity index (χ3v) is 3.19. The highest BCUT2D eigenvalue weighted by Crippen LogP contribution is 2.21. The van der Waals surface area contributed by atoms with Crippen LogP contribution in [0.25, 0.3) is 0 Å². The molecule has 5 nitrogen and oxygen atoms in total. The third-order valence-electron chi connectivity index (χ3n) is 3.19. The summed E-state index contributed by atoms with van der Waals surface area (Å²) < 4.78 is 16.3. The van der Waals surface area contributed by atoms with Crippen LogP contribution in [0.3, 0.4) is 0 Å². The second-order valence-corrected chi connectivity index (χ2v) is 5.03. The lowest BCUT2D eigenvalue weighted by atomic mass is 10.2. The fourth-order valence-corrected chi connectivity index (χ4v) is 1.96. The Kier molecular flexibility index (Phi) is 4.98. The van der Waals surface area contributed by atoms with Gasteiger partial charge in [0.1, 0.15) is 5.75 Å². The Labute approximate surface area is 119 Å². The van der Waals surface area contributed by atoms with E-state index in [0.29, 0.717) is 31.9 Å². The second kappa shape index (κ2) is 6.72. The molecule has 1 saturated heterocycles. The van der Waals surface area contributed by atoms with Gasteiger partial charge in [-0.3, -0.25) is 4.79 Å². The number of hydrogen-bond donors (Lipinski definition) is 1. The molecule has 20 heavy (non-hydrogen) atoms. The second-order valence-electron chi connectivity index (χ2n) is 5.03. The minimum Gasteiger partial charge on any atom is -0.484 e. The molecule has 5 heteroatoms. The van der Waals surface area contributed by atoms with Crippen molar-refractivity contribution in [1.29, 1.82) is 0 Å². The van der Waals surface area contributed by atoms with E-state index in [1.165, 1.54) is 0 Å². The maximum Gasteiger partial charge on any atom is 0.257 e. The molecule has 1 N–H and O–H groups in total. The molecular weight excluding hydrogens is 258 g/mol. The lowest BCUT2D eigenvalue weighted by Gasteiger charge is -2.22. The van der Waals surface area contributed by atoms with Crippen LogP contribution in [0.15, 0.2) is 24.3 Å². The highest BCUT2D eigenvalue weighted by molar-refractivity contribution is 5.77. The Balaban J connectivity index is 1.64. The smallest absolute Gasteiger partial charge is 0.257 e. The van der Waals surface area contributed by atoms with Crippen molar-refractivity contribution >= 4 is 5.91 Å². The van der Waals surface area contributed by atoms with E-state index in [9.17, 15) is 4.79 Å². The third kappa shape index (κ3) is 4.51. The van der Waals surface area contributed by atoms with Gasteiger partial charge in [-0.15, -0.1) is 0 Å². The van der Waals surface area contributed by atoms with Crippen molar-refractivity contribution in [2.45, 2.75) is 26.1 Å². The monoisotopic (exact) mass is 279 g/mol. The molecule has 1 aromatic rings. The van der Waals surface area contributed by atoms with Crippen LogP contribution < -0.4 is 10.1 Å². The molecule has 0 aliphatic carbocycles. The average Bonchev–Trinajstić information content (AvgIpc) is 2.85. The number of benzene rings is 1. The first-order valence-corrected chi connectivity index (χ1v) is 6.81. The molecule has 0 saturated carbocycles. The Hall–Kier alpha value is -1.59. The van der Waals surface area contributed by atoms with Gasteiger partial charge in [0, 0.05) is 13.0 Å². The molecule has 1 heterocycles. The normalized spacial score (nSPS) is 16.9. The quantitative estimate of drug-likeness (QED) is 0.860. The maximum absolute atomic E-state index is 11.6. The summed E-state index contributed by atoms with van der Waals surface area (Å²) in [6, 6.07) is 7.60. The van der Waals surface area contributed by atoms with Crippen LogP contribution >= 0.6 is 0 Å². The predicted molar refractivity (Wildman–Crippen MR) is 74.6 cm³/mol. The highest BCUT2D eigenvalue weighted by Gasteiger charge is 2.30. The van der Waals surface area contributed by atoms with Crippen molar-refractivity contribution in [3.05, 3.63) is 29.8 Å². The van der Waals surface area contributed by atoms with Crippen LogP contribution in [-0.2, 0) is 14.3 Å². The number of hydrogen-bond acceptors (Lipinski definition) is 4. The molecule has 0 unspecified atom stereocenters. The number of carbonyl (C=O) groups is 1. The summed E-state index contributed by atoms with van der Waals surface area (Å²) in [5, 5.41) is 2.79. The van der Waals surface area contributed by atoms with Crippen LogP contribution in [0.5, 0.6) is 5.75 Å². The standard InChI is InChI=1S/C15H21NO4/c1-12-3-5-13(6-4-12)18-11-14(17)16-8-7-15(2)19-9-10-20-15/h3-6H,7-11H2,1-2H3,(H,16,17). The Morgan fingerprint density at radius 2 is 1.95 bits per heavy atom. The van der Waals surface area contributed by atoms with Gasteiger partial charge in [-0.2, -0.15) is 0 Å². The summed E-state index contributed by atoms with van der Waals surface area (Å²) in [5.74, 6) is -0.0159. The predicted octanol–water partition coefficient (Wildman–Crippen LogP) is 1.64. The summed E-state index contributed by atoms with van der Waals surface area (Å²) in [7, 11) is 0. The van der Waals surface area contributed by atoms with Gasteiger partial charge in [0.15, 0.2) is 12.4 Å². The van der Waals surface area contributed by atoms with Crippen molar-refractivity contribution in [3.8, 4) is 5.75 Å².